The Kier molecular flexibility index (Phi) is 7.56. The summed E-state index contributed by atoms with van der Waals surface area (Å²) < 4.78 is 3.16. The fourth-order valence-corrected chi connectivity index (χ4v) is 4.58. The second kappa shape index (κ2) is 10.1. The van der Waals surface area contributed by atoms with Crippen LogP contribution in [0.3, 0.4) is 0 Å². The van der Waals surface area contributed by atoms with Crippen molar-refractivity contribution in [2.24, 2.45) is 5.10 Å². The highest BCUT2D eigenvalue weighted by molar-refractivity contribution is 9.10. The van der Waals surface area contributed by atoms with E-state index in [1.807, 2.05) is 25.1 Å². The highest BCUT2D eigenvalue weighted by atomic mass is 79.9. The SMILES string of the molecule is Cc1ccc(-n2c(C)c(Br)c(/C=N\NC(=O)[C@@H](C)SCc3ccccc3)c2C)cc1. The largest absolute Gasteiger partial charge is 0.317 e. The second-order valence-corrected chi connectivity index (χ2v) is 9.36. The Morgan fingerprint density at radius 1 is 1.10 bits per heavy atom. The number of hydrogen-bond acceptors (Lipinski definition) is 3. The molecule has 2 aromatic carbocycles. The van der Waals surface area contributed by atoms with Crippen LogP contribution in [0.4, 0.5) is 0 Å². The van der Waals surface area contributed by atoms with Crippen LogP contribution in [-0.4, -0.2) is 21.9 Å². The van der Waals surface area contributed by atoms with Gasteiger partial charge in [0, 0.05) is 32.9 Å². The number of thioether (sulfide) groups is 1. The van der Waals surface area contributed by atoms with E-state index in [-0.39, 0.29) is 11.2 Å². The fraction of sp³-hybridized carbons (Fsp3) is 0.250. The Hall–Kier alpha value is -2.31. The van der Waals surface area contributed by atoms with Crippen molar-refractivity contribution in [1.82, 2.24) is 9.99 Å². The van der Waals surface area contributed by atoms with Crippen LogP contribution in [-0.2, 0) is 10.5 Å². The van der Waals surface area contributed by atoms with E-state index in [2.05, 4.69) is 88.2 Å². The third-order valence-corrected chi connectivity index (χ3v) is 7.20. The van der Waals surface area contributed by atoms with Gasteiger partial charge in [0.05, 0.1) is 11.5 Å². The maximum Gasteiger partial charge on any atom is 0.252 e. The van der Waals surface area contributed by atoms with Crippen LogP contribution in [0.5, 0.6) is 0 Å². The van der Waals surface area contributed by atoms with E-state index < -0.39 is 0 Å². The summed E-state index contributed by atoms with van der Waals surface area (Å²) in [5.74, 6) is 0.693. The predicted molar refractivity (Wildman–Crippen MR) is 131 cm³/mol. The maximum atomic E-state index is 12.4. The summed E-state index contributed by atoms with van der Waals surface area (Å²) in [5.41, 5.74) is 9.33. The summed E-state index contributed by atoms with van der Waals surface area (Å²) in [5, 5.41) is 4.03. The van der Waals surface area contributed by atoms with Crippen LogP contribution in [0.2, 0.25) is 0 Å². The molecule has 0 spiro atoms. The van der Waals surface area contributed by atoms with Crippen molar-refractivity contribution in [2.45, 2.75) is 38.7 Å². The van der Waals surface area contributed by atoms with E-state index in [1.165, 1.54) is 11.1 Å². The molecular formula is C24H26BrN3OS. The number of aryl methyl sites for hydroxylation is 1. The number of nitrogens with one attached hydrogen (secondary N) is 1. The van der Waals surface area contributed by atoms with Gasteiger partial charge in [0.1, 0.15) is 0 Å². The smallest absolute Gasteiger partial charge is 0.252 e. The molecule has 1 N–H and O–H groups in total. The molecule has 1 amide bonds. The fourth-order valence-electron chi connectivity index (χ4n) is 3.18. The second-order valence-electron chi connectivity index (χ2n) is 7.24. The Bertz CT molecular complexity index is 1040. The Labute approximate surface area is 190 Å². The van der Waals surface area contributed by atoms with Gasteiger partial charge in [0.15, 0.2) is 0 Å². The lowest BCUT2D eigenvalue weighted by Crippen LogP contribution is -2.27. The van der Waals surface area contributed by atoms with Crippen molar-refractivity contribution >= 4 is 39.8 Å². The first-order valence-electron chi connectivity index (χ1n) is 9.81. The van der Waals surface area contributed by atoms with Crippen LogP contribution in [0.25, 0.3) is 5.69 Å². The van der Waals surface area contributed by atoms with Gasteiger partial charge in [-0.15, -0.1) is 11.8 Å². The first-order valence-corrected chi connectivity index (χ1v) is 11.7. The average molecular weight is 484 g/mol. The molecule has 0 aliphatic heterocycles. The minimum atomic E-state index is -0.189. The maximum absolute atomic E-state index is 12.4. The third kappa shape index (κ3) is 5.24. The molecular weight excluding hydrogens is 458 g/mol. The summed E-state index contributed by atoms with van der Waals surface area (Å²) in [6.45, 7) is 8.10. The van der Waals surface area contributed by atoms with Crippen LogP contribution in [0, 0.1) is 20.8 Å². The van der Waals surface area contributed by atoms with Crippen LogP contribution >= 0.6 is 27.7 Å². The molecule has 0 saturated heterocycles. The molecule has 6 heteroatoms. The van der Waals surface area contributed by atoms with Gasteiger partial charge in [0.2, 0.25) is 0 Å². The van der Waals surface area contributed by atoms with E-state index in [1.54, 1.807) is 18.0 Å². The van der Waals surface area contributed by atoms with E-state index >= 15 is 0 Å². The zero-order valence-corrected chi connectivity index (χ0v) is 20.0. The Balaban J connectivity index is 1.66. The molecule has 156 valence electrons. The molecule has 3 aromatic rings. The van der Waals surface area contributed by atoms with Crippen molar-refractivity contribution in [2.75, 3.05) is 0 Å². The first kappa shape index (κ1) is 22.4. The highest BCUT2D eigenvalue weighted by Gasteiger charge is 2.16. The van der Waals surface area contributed by atoms with Gasteiger partial charge in [-0.1, -0.05) is 48.0 Å². The molecule has 0 unspecified atom stereocenters. The third-order valence-electron chi connectivity index (χ3n) is 4.99. The molecule has 3 rings (SSSR count). The molecule has 0 saturated carbocycles. The zero-order chi connectivity index (χ0) is 21.7. The van der Waals surface area contributed by atoms with Gasteiger partial charge in [-0.2, -0.15) is 5.10 Å². The van der Waals surface area contributed by atoms with Gasteiger partial charge >= 0.3 is 0 Å². The molecule has 1 heterocycles. The molecule has 30 heavy (non-hydrogen) atoms. The van der Waals surface area contributed by atoms with Crippen LogP contribution in [0.1, 0.15) is 35.0 Å². The zero-order valence-electron chi connectivity index (χ0n) is 17.6. The molecule has 4 nitrogen and oxygen atoms in total. The number of benzene rings is 2. The number of hydrogen-bond donors (Lipinski definition) is 1. The van der Waals surface area contributed by atoms with Crippen molar-refractivity contribution in [3.05, 3.63) is 87.1 Å². The molecule has 1 atom stereocenters. The summed E-state index contributed by atoms with van der Waals surface area (Å²) in [6, 6.07) is 18.6. The normalized spacial score (nSPS) is 12.3. The van der Waals surface area contributed by atoms with Gasteiger partial charge in [-0.05, 0) is 61.3 Å². The van der Waals surface area contributed by atoms with Gasteiger partial charge in [-0.25, -0.2) is 5.43 Å². The lowest BCUT2D eigenvalue weighted by molar-refractivity contribution is -0.120. The summed E-state index contributed by atoms with van der Waals surface area (Å²) in [4.78, 5) is 12.4. The van der Waals surface area contributed by atoms with Crippen molar-refractivity contribution in [3.8, 4) is 5.69 Å². The summed E-state index contributed by atoms with van der Waals surface area (Å²) in [6.07, 6.45) is 1.71. The number of halogens is 1. The van der Waals surface area contributed by atoms with Crippen molar-refractivity contribution < 1.29 is 4.79 Å². The molecule has 0 fully saturated rings. The van der Waals surface area contributed by atoms with Crippen LogP contribution in [0.15, 0.2) is 64.2 Å². The number of rotatable bonds is 7. The first-order chi connectivity index (χ1) is 14.4. The average Bonchev–Trinajstić information content (AvgIpc) is 2.96. The minimum absolute atomic E-state index is 0.101. The number of carbonyl (C=O) groups excluding carboxylic acids is 1. The Morgan fingerprint density at radius 2 is 1.77 bits per heavy atom. The lowest BCUT2D eigenvalue weighted by Gasteiger charge is -2.10. The van der Waals surface area contributed by atoms with Gasteiger partial charge in [-0.3, -0.25) is 4.79 Å². The van der Waals surface area contributed by atoms with Crippen molar-refractivity contribution in [3.63, 3.8) is 0 Å². The van der Waals surface area contributed by atoms with Crippen molar-refractivity contribution in [1.29, 1.82) is 0 Å². The van der Waals surface area contributed by atoms with E-state index in [9.17, 15) is 4.79 Å². The molecule has 0 aliphatic rings. The monoisotopic (exact) mass is 483 g/mol. The van der Waals surface area contributed by atoms with Gasteiger partial charge < -0.3 is 4.57 Å². The van der Waals surface area contributed by atoms with Crippen LogP contribution < -0.4 is 5.43 Å². The van der Waals surface area contributed by atoms with E-state index in [0.29, 0.717) is 0 Å². The standard InChI is InChI=1S/C24H26BrN3OS/c1-16-10-12-21(13-11-16)28-17(2)22(23(25)18(28)3)14-26-27-24(29)19(4)30-15-20-8-6-5-7-9-20/h5-14,19H,15H2,1-4H3,(H,27,29)/b26-14-/t19-/m1/s1. The van der Waals surface area contributed by atoms with E-state index in [0.717, 1.165) is 32.9 Å². The highest BCUT2D eigenvalue weighted by Crippen LogP contribution is 2.29. The topological polar surface area (TPSA) is 46.4 Å². The molecule has 1 aromatic heterocycles. The molecule has 0 bridgehead atoms. The van der Waals surface area contributed by atoms with Gasteiger partial charge in [0.25, 0.3) is 5.91 Å². The Morgan fingerprint density at radius 3 is 2.43 bits per heavy atom. The molecule has 0 aliphatic carbocycles. The summed E-state index contributed by atoms with van der Waals surface area (Å²) >= 11 is 5.28. The quantitative estimate of drug-likeness (QED) is 0.334. The minimum Gasteiger partial charge on any atom is -0.317 e. The number of hydrazone groups is 1. The number of nitrogens with zero attached hydrogens (tertiary/aromatic N) is 2. The number of carbonyl (C=O) groups is 1. The lowest BCUT2D eigenvalue weighted by atomic mass is 10.2. The molecule has 0 radical (unpaired) electrons. The predicted octanol–water partition coefficient (Wildman–Crippen LogP) is 5.94. The summed E-state index contributed by atoms with van der Waals surface area (Å²) in [7, 11) is 0. The number of amides is 1. The van der Waals surface area contributed by atoms with E-state index in [4.69, 9.17) is 0 Å². The number of aromatic nitrogens is 1.